The Bertz CT molecular complexity index is 274. The Balaban J connectivity index is 3.04. The maximum Gasteiger partial charge on any atom is 0.231 e. The Morgan fingerprint density at radius 1 is 1.58 bits per heavy atom. The van der Waals surface area contributed by atoms with Gasteiger partial charge < -0.3 is 5.32 Å². The topological polar surface area (TPSA) is 29.1 Å². The van der Waals surface area contributed by atoms with Crippen LogP contribution in [0.3, 0.4) is 0 Å². The second-order valence-electron chi connectivity index (χ2n) is 2.77. The second kappa shape index (κ2) is 3.39. The van der Waals surface area contributed by atoms with E-state index in [4.69, 9.17) is 0 Å². The lowest BCUT2D eigenvalue weighted by atomic mass is 10.0. The van der Waals surface area contributed by atoms with Crippen molar-refractivity contribution in [1.82, 2.24) is 5.32 Å². The highest BCUT2D eigenvalue weighted by Gasteiger charge is 2.27. The second-order valence-corrected chi connectivity index (χ2v) is 2.77. The highest BCUT2D eigenvalue weighted by Crippen LogP contribution is 2.24. The van der Waals surface area contributed by atoms with E-state index < -0.39 is 0 Å². The Hall–Kier alpha value is -1.31. The first-order valence-corrected chi connectivity index (χ1v) is 4.01. The smallest absolute Gasteiger partial charge is 0.231 e. The first-order chi connectivity index (χ1) is 5.70. The normalized spacial score (nSPS) is 29.5. The zero-order chi connectivity index (χ0) is 9.14. The number of rotatable bonds is 1. The third-order valence-electron chi connectivity index (χ3n) is 2.01. The summed E-state index contributed by atoms with van der Waals surface area (Å²) in [5, 5.41) is 2.79. The predicted molar refractivity (Wildman–Crippen MR) is 49.3 cm³/mol. The molecule has 1 aliphatic rings. The van der Waals surface area contributed by atoms with Crippen LogP contribution < -0.4 is 5.32 Å². The number of allylic oxidation sites excluding steroid dienone is 4. The van der Waals surface area contributed by atoms with Crippen molar-refractivity contribution >= 4 is 5.91 Å². The molecule has 0 aromatic carbocycles. The highest BCUT2D eigenvalue weighted by atomic mass is 16.2. The van der Waals surface area contributed by atoms with Crippen molar-refractivity contribution < 1.29 is 4.79 Å². The number of nitrogens with one attached hydrogen (secondary N) is 1. The Morgan fingerprint density at radius 2 is 2.25 bits per heavy atom. The molecule has 0 bridgehead atoms. The maximum atomic E-state index is 11.2. The summed E-state index contributed by atoms with van der Waals surface area (Å²) in [6, 6.07) is 0. The Labute approximate surface area is 72.7 Å². The van der Waals surface area contributed by atoms with Gasteiger partial charge in [-0.05, 0) is 19.4 Å². The quantitative estimate of drug-likeness (QED) is 0.627. The van der Waals surface area contributed by atoms with E-state index in [1.165, 1.54) is 0 Å². The molecule has 2 heteroatoms. The molecule has 1 N–H and O–H groups in total. The maximum absolute atomic E-state index is 11.2. The number of carbonyl (C=O) groups excluding carboxylic acids is 1. The van der Waals surface area contributed by atoms with Gasteiger partial charge in [0.15, 0.2) is 0 Å². The fourth-order valence-electron chi connectivity index (χ4n) is 1.29. The fraction of sp³-hybridized carbons (Fsp3) is 0.300. The van der Waals surface area contributed by atoms with E-state index >= 15 is 0 Å². The minimum atomic E-state index is -0.0470. The van der Waals surface area contributed by atoms with E-state index in [2.05, 4.69) is 11.9 Å². The molecule has 1 amide bonds. The van der Waals surface area contributed by atoms with Gasteiger partial charge in [0.25, 0.3) is 0 Å². The van der Waals surface area contributed by atoms with Crippen molar-refractivity contribution in [2.24, 2.45) is 5.92 Å². The van der Waals surface area contributed by atoms with E-state index in [1.807, 2.05) is 26.0 Å². The summed E-state index contributed by atoms with van der Waals surface area (Å²) in [7, 11) is 0. The van der Waals surface area contributed by atoms with E-state index in [-0.39, 0.29) is 11.8 Å². The van der Waals surface area contributed by atoms with E-state index in [1.54, 1.807) is 6.08 Å². The van der Waals surface area contributed by atoms with Gasteiger partial charge in [0.2, 0.25) is 5.91 Å². The van der Waals surface area contributed by atoms with Crippen LogP contribution in [0.1, 0.15) is 13.8 Å². The first-order valence-electron chi connectivity index (χ1n) is 4.01. The fourth-order valence-corrected chi connectivity index (χ4v) is 1.29. The van der Waals surface area contributed by atoms with Crippen LogP contribution in [-0.2, 0) is 4.79 Å². The minimum absolute atomic E-state index is 0.0470. The molecule has 1 aliphatic heterocycles. The molecule has 0 radical (unpaired) electrons. The number of hydrogen-bond acceptors (Lipinski definition) is 1. The van der Waals surface area contributed by atoms with Crippen LogP contribution in [0.2, 0.25) is 0 Å². The van der Waals surface area contributed by atoms with Gasteiger partial charge in [-0.3, -0.25) is 4.79 Å². The van der Waals surface area contributed by atoms with Crippen LogP contribution in [0.25, 0.3) is 0 Å². The first kappa shape index (κ1) is 8.78. The SMILES string of the molecule is C=C/C=C1\C(=C/C)NC(=O)C1C. The summed E-state index contributed by atoms with van der Waals surface area (Å²) in [4.78, 5) is 11.2. The summed E-state index contributed by atoms with van der Waals surface area (Å²) in [6.07, 6.45) is 5.48. The molecule has 0 aromatic heterocycles. The largest absolute Gasteiger partial charge is 0.326 e. The number of carbonyl (C=O) groups is 1. The van der Waals surface area contributed by atoms with Crippen LogP contribution in [0, 0.1) is 5.92 Å². The molecular formula is C10H13NO. The zero-order valence-corrected chi connectivity index (χ0v) is 7.42. The molecule has 0 saturated carbocycles. The molecule has 1 heterocycles. The van der Waals surface area contributed by atoms with E-state index in [9.17, 15) is 4.79 Å². The van der Waals surface area contributed by atoms with Gasteiger partial charge in [0.05, 0.1) is 5.92 Å². The predicted octanol–water partition coefficient (Wildman–Crippen LogP) is 1.77. The Kier molecular flexibility index (Phi) is 2.48. The average molecular weight is 163 g/mol. The molecule has 64 valence electrons. The van der Waals surface area contributed by atoms with Crippen LogP contribution in [0.15, 0.2) is 36.1 Å². The highest BCUT2D eigenvalue weighted by molar-refractivity contribution is 5.89. The molecule has 2 nitrogen and oxygen atoms in total. The minimum Gasteiger partial charge on any atom is -0.326 e. The van der Waals surface area contributed by atoms with Crippen LogP contribution >= 0.6 is 0 Å². The van der Waals surface area contributed by atoms with Gasteiger partial charge in [-0.2, -0.15) is 0 Å². The van der Waals surface area contributed by atoms with Crippen molar-refractivity contribution in [3.05, 3.63) is 36.1 Å². The average Bonchev–Trinajstić information content (AvgIpc) is 2.33. The number of hydrogen-bond donors (Lipinski definition) is 1. The molecule has 1 rings (SSSR count). The molecule has 1 saturated heterocycles. The van der Waals surface area contributed by atoms with Gasteiger partial charge in [0, 0.05) is 5.70 Å². The van der Waals surface area contributed by atoms with Crippen molar-refractivity contribution in [2.45, 2.75) is 13.8 Å². The van der Waals surface area contributed by atoms with Crippen molar-refractivity contribution in [1.29, 1.82) is 0 Å². The summed E-state index contributed by atoms with van der Waals surface area (Å²) in [5.41, 5.74) is 1.94. The molecule has 0 aromatic rings. The van der Waals surface area contributed by atoms with E-state index in [0.717, 1.165) is 11.3 Å². The molecule has 1 atom stereocenters. The standard InChI is InChI=1S/C10H13NO/c1-4-6-8-7(3)10(12)11-9(8)5-2/h4-7H,1H2,2-3H3,(H,11,12)/b8-6-,9-5+. The lowest BCUT2D eigenvalue weighted by Crippen LogP contribution is -2.16. The lowest BCUT2D eigenvalue weighted by Gasteiger charge is -1.99. The van der Waals surface area contributed by atoms with Gasteiger partial charge in [-0.1, -0.05) is 24.8 Å². The molecule has 0 aliphatic carbocycles. The van der Waals surface area contributed by atoms with Crippen molar-refractivity contribution in [2.75, 3.05) is 0 Å². The monoisotopic (exact) mass is 163 g/mol. The van der Waals surface area contributed by atoms with Gasteiger partial charge in [0.1, 0.15) is 0 Å². The molecular weight excluding hydrogens is 150 g/mol. The summed E-state index contributed by atoms with van der Waals surface area (Å²) < 4.78 is 0. The van der Waals surface area contributed by atoms with Crippen molar-refractivity contribution in [3.8, 4) is 0 Å². The summed E-state index contributed by atoms with van der Waals surface area (Å²) >= 11 is 0. The lowest BCUT2D eigenvalue weighted by molar-refractivity contribution is -0.121. The third kappa shape index (κ3) is 1.33. The van der Waals surface area contributed by atoms with Gasteiger partial charge in [-0.15, -0.1) is 0 Å². The van der Waals surface area contributed by atoms with Gasteiger partial charge in [-0.25, -0.2) is 0 Å². The summed E-state index contributed by atoms with van der Waals surface area (Å²) in [6.45, 7) is 7.41. The van der Waals surface area contributed by atoms with Crippen LogP contribution in [0.5, 0.6) is 0 Å². The third-order valence-corrected chi connectivity index (χ3v) is 2.01. The molecule has 1 unspecified atom stereocenters. The molecule has 12 heavy (non-hydrogen) atoms. The van der Waals surface area contributed by atoms with Crippen LogP contribution in [0.4, 0.5) is 0 Å². The molecule has 0 spiro atoms. The van der Waals surface area contributed by atoms with Gasteiger partial charge >= 0.3 is 0 Å². The molecule has 1 fully saturated rings. The Morgan fingerprint density at radius 3 is 2.75 bits per heavy atom. The van der Waals surface area contributed by atoms with Crippen molar-refractivity contribution in [3.63, 3.8) is 0 Å². The number of amides is 1. The van der Waals surface area contributed by atoms with Crippen LogP contribution in [-0.4, -0.2) is 5.91 Å². The van der Waals surface area contributed by atoms with E-state index in [0.29, 0.717) is 0 Å². The zero-order valence-electron chi connectivity index (χ0n) is 7.42. The summed E-state index contributed by atoms with van der Waals surface area (Å²) in [5.74, 6) is 0.0189.